The quantitative estimate of drug-likeness (QED) is 0.348. The zero-order valence-electron chi connectivity index (χ0n) is 15.2. The van der Waals surface area contributed by atoms with Crippen LogP contribution < -0.4 is 15.4 Å². The second-order valence-electron chi connectivity index (χ2n) is 6.00. The van der Waals surface area contributed by atoms with Crippen LogP contribution in [0.4, 0.5) is 0 Å². The van der Waals surface area contributed by atoms with Crippen LogP contribution in [0.3, 0.4) is 0 Å². The zero-order chi connectivity index (χ0) is 18.2. The lowest BCUT2D eigenvalue weighted by Crippen LogP contribution is -2.37. The lowest BCUT2D eigenvalue weighted by atomic mass is 10.2. The summed E-state index contributed by atoms with van der Waals surface area (Å²) in [7, 11) is 3.45. The lowest BCUT2D eigenvalue weighted by molar-refractivity contribution is 0.414. The molecule has 0 spiro atoms. The first kappa shape index (κ1) is 17.8. The van der Waals surface area contributed by atoms with Crippen molar-refractivity contribution in [1.82, 2.24) is 20.6 Å². The topological polar surface area (TPSA) is 74.3 Å². The number of rotatable bonds is 7. The van der Waals surface area contributed by atoms with Crippen LogP contribution >= 0.6 is 0 Å². The number of aryl methyl sites for hydroxylation is 1. The monoisotopic (exact) mass is 351 g/mol. The van der Waals surface area contributed by atoms with Crippen molar-refractivity contribution in [3.63, 3.8) is 0 Å². The third-order valence-electron chi connectivity index (χ3n) is 4.16. The number of benzene rings is 2. The van der Waals surface area contributed by atoms with E-state index in [1.807, 2.05) is 42.5 Å². The Morgan fingerprint density at radius 2 is 1.92 bits per heavy atom. The van der Waals surface area contributed by atoms with E-state index in [4.69, 9.17) is 4.74 Å². The van der Waals surface area contributed by atoms with Crippen molar-refractivity contribution in [2.75, 3.05) is 20.7 Å². The fourth-order valence-corrected chi connectivity index (χ4v) is 2.74. The molecule has 1 heterocycles. The SMILES string of the molecule is CN=C(NCCCc1nc2ccccc2[nH]1)NCc1ccc(OC)cc1. The molecule has 0 unspecified atom stereocenters. The number of nitrogens with one attached hydrogen (secondary N) is 3. The molecular weight excluding hydrogens is 326 g/mol. The molecule has 0 atom stereocenters. The molecule has 3 rings (SSSR count). The highest BCUT2D eigenvalue weighted by Gasteiger charge is 2.03. The largest absolute Gasteiger partial charge is 0.497 e. The first-order chi connectivity index (χ1) is 12.8. The van der Waals surface area contributed by atoms with E-state index in [-0.39, 0.29) is 0 Å². The molecule has 1 aromatic heterocycles. The highest BCUT2D eigenvalue weighted by Crippen LogP contribution is 2.12. The summed E-state index contributed by atoms with van der Waals surface area (Å²) >= 11 is 0. The van der Waals surface area contributed by atoms with E-state index in [1.165, 1.54) is 5.56 Å². The summed E-state index contributed by atoms with van der Waals surface area (Å²) in [5.41, 5.74) is 3.29. The van der Waals surface area contributed by atoms with Gasteiger partial charge in [0.25, 0.3) is 0 Å². The standard InChI is InChI=1S/C20H25N5O/c1-21-20(23-14-15-9-11-16(26-2)12-10-15)22-13-5-8-19-24-17-6-3-4-7-18(17)25-19/h3-4,6-7,9-12H,5,8,13-14H2,1-2H3,(H,24,25)(H2,21,22,23). The van der Waals surface area contributed by atoms with Gasteiger partial charge < -0.3 is 20.4 Å². The molecule has 0 amide bonds. The van der Waals surface area contributed by atoms with Crippen molar-refractivity contribution in [2.24, 2.45) is 4.99 Å². The lowest BCUT2D eigenvalue weighted by Gasteiger charge is -2.12. The maximum Gasteiger partial charge on any atom is 0.191 e. The van der Waals surface area contributed by atoms with Crippen molar-refractivity contribution in [3.8, 4) is 5.75 Å². The number of hydrogen-bond acceptors (Lipinski definition) is 3. The molecule has 2 aromatic carbocycles. The van der Waals surface area contributed by atoms with E-state index >= 15 is 0 Å². The molecule has 26 heavy (non-hydrogen) atoms. The predicted molar refractivity (Wildman–Crippen MR) is 106 cm³/mol. The molecule has 3 N–H and O–H groups in total. The number of fused-ring (bicyclic) bond motifs is 1. The second kappa shape index (κ2) is 8.89. The van der Waals surface area contributed by atoms with Gasteiger partial charge in [-0.1, -0.05) is 24.3 Å². The minimum Gasteiger partial charge on any atom is -0.497 e. The normalized spacial score (nSPS) is 11.5. The van der Waals surface area contributed by atoms with E-state index < -0.39 is 0 Å². The van der Waals surface area contributed by atoms with Gasteiger partial charge in [-0.2, -0.15) is 0 Å². The number of guanidine groups is 1. The Morgan fingerprint density at radius 1 is 1.12 bits per heavy atom. The number of H-pyrrole nitrogens is 1. The smallest absolute Gasteiger partial charge is 0.191 e. The molecule has 0 aliphatic rings. The Kier molecular flexibility index (Phi) is 6.09. The molecular formula is C20H25N5O. The summed E-state index contributed by atoms with van der Waals surface area (Å²) in [6.45, 7) is 1.55. The predicted octanol–water partition coefficient (Wildman–Crippen LogP) is 2.87. The Balaban J connectivity index is 1.40. The summed E-state index contributed by atoms with van der Waals surface area (Å²) < 4.78 is 5.17. The highest BCUT2D eigenvalue weighted by molar-refractivity contribution is 5.79. The van der Waals surface area contributed by atoms with Gasteiger partial charge in [-0.05, 0) is 36.2 Å². The van der Waals surface area contributed by atoms with Crippen LogP contribution in [0.1, 0.15) is 17.8 Å². The highest BCUT2D eigenvalue weighted by atomic mass is 16.5. The number of nitrogens with zero attached hydrogens (tertiary/aromatic N) is 2. The number of para-hydroxylation sites is 2. The van der Waals surface area contributed by atoms with Crippen LogP contribution in [-0.4, -0.2) is 36.6 Å². The molecule has 136 valence electrons. The Bertz CT molecular complexity index is 821. The van der Waals surface area contributed by atoms with Gasteiger partial charge >= 0.3 is 0 Å². The van der Waals surface area contributed by atoms with Crippen LogP contribution in [0, 0.1) is 0 Å². The van der Waals surface area contributed by atoms with Crippen LogP contribution in [0.5, 0.6) is 5.75 Å². The number of methoxy groups -OCH3 is 1. The van der Waals surface area contributed by atoms with Crippen molar-refractivity contribution in [3.05, 3.63) is 59.9 Å². The van der Waals surface area contributed by atoms with Gasteiger partial charge in [0.2, 0.25) is 0 Å². The third kappa shape index (κ3) is 4.75. The van der Waals surface area contributed by atoms with E-state index in [0.717, 1.165) is 48.0 Å². The number of aromatic amines is 1. The number of aliphatic imine (C=N–C) groups is 1. The van der Waals surface area contributed by atoms with Gasteiger partial charge in [-0.25, -0.2) is 4.98 Å². The molecule has 0 saturated carbocycles. The fourth-order valence-electron chi connectivity index (χ4n) is 2.74. The van der Waals surface area contributed by atoms with Crippen LogP contribution in [0.2, 0.25) is 0 Å². The third-order valence-corrected chi connectivity index (χ3v) is 4.16. The number of imidazole rings is 1. The summed E-state index contributed by atoms with van der Waals surface area (Å²) in [5.74, 6) is 2.68. The molecule has 0 aliphatic carbocycles. The summed E-state index contributed by atoms with van der Waals surface area (Å²) in [4.78, 5) is 12.2. The first-order valence-electron chi connectivity index (χ1n) is 8.79. The number of hydrogen-bond donors (Lipinski definition) is 3. The number of aromatic nitrogens is 2. The minimum atomic E-state index is 0.716. The van der Waals surface area contributed by atoms with Crippen molar-refractivity contribution in [1.29, 1.82) is 0 Å². The summed E-state index contributed by atoms with van der Waals surface area (Å²) in [6.07, 6.45) is 1.88. The molecule has 3 aromatic rings. The van der Waals surface area contributed by atoms with Gasteiger partial charge in [0.15, 0.2) is 5.96 Å². The number of ether oxygens (including phenoxy) is 1. The van der Waals surface area contributed by atoms with E-state index in [9.17, 15) is 0 Å². The average molecular weight is 351 g/mol. The molecule has 0 radical (unpaired) electrons. The van der Waals surface area contributed by atoms with Gasteiger partial charge in [0.1, 0.15) is 11.6 Å². The van der Waals surface area contributed by atoms with Gasteiger partial charge in [0.05, 0.1) is 18.1 Å². The van der Waals surface area contributed by atoms with Crippen molar-refractivity contribution < 1.29 is 4.74 Å². The molecule has 0 fully saturated rings. The van der Waals surface area contributed by atoms with Crippen molar-refractivity contribution in [2.45, 2.75) is 19.4 Å². The van der Waals surface area contributed by atoms with Crippen LogP contribution in [0.25, 0.3) is 11.0 Å². The molecule has 0 bridgehead atoms. The van der Waals surface area contributed by atoms with E-state index in [2.05, 4.69) is 31.7 Å². The Hall–Kier alpha value is -3.02. The van der Waals surface area contributed by atoms with Gasteiger partial charge in [0, 0.05) is 26.6 Å². The molecule has 0 saturated heterocycles. The molecule has 0 aliphatic heterocycles. The van der Waals surface area contributed by atoms with Crippen LogP contribution in [0.15, 0.2) is 53.5 Å². The summed E-state index contributed by atoms with van der Waals surface area (Å²) in [6, 6.07) is 16.1. The van der Waals surface area contributed by atoms with E-state index in [0.29, 0.717) is 6.54 Å². The summed E-state index contributed by atoms with van der Waals surface area (Å²) in [5, 5.41) is 6.66. The van der Waals surface area contributed by atoms with E-state index in [1.54, 1.807) is 14.2 Å². The van der Waals surface area contributed by atoms with Gasteiger partial charge in [-0.3, -0.25) is 4.99 Å². The fraction of sp³-hybridized carbons (Fsp3) is 0.300. The Morgan fingerprint density at radius 3 is 2.65 bits per heavy atom. The zero-order valence-corrected chi connectivity index (χ0v) is 15.2. The molecule has 6 nitrogen and oxygen atoms in total. The average Bonchev–Trinajstić information content (AvgIpc) is 3.10. The van der Waals surface area contributed by atoms with Crippen molar-refractivity contribution >= 4 is 17.0 Å². The first-order valence-corrected chi connectivity index (χ1v) is 8.79. The maximum atomic E-state index is 5.17. The van der Waals surface area contributed by atoms with Crippen LogP contribution in [-0.2, 0) is 13.0 Å². The Labute approximate surface area is 153 Å². The molecule has 6 heteroatoms. The second-order valence-corrected chi connectivity index (χ2v) is 6.00. The van der Waals surface area contributed by atoms with Gasteiger partial charge in [-0.15, -0.1) is 0 Å². The maximum absolute atomic E-state index is 5.17. The minimum absolute atomic E-state index is 0.716.